The van der Waals surface area contributed by atoms with Gasteiger partial charge in [-0.2, -0.15) is 0 Å². The average Bonchev–Trinajstić information content (AvgIpc) is 2.66. The van der Waals surface area contributed by atoms with E-state index >= 15 is 0 Å². The van der Waals surface area contributed by atoms with Crippen molar-refractivity contribution in [2.75, 3.05) is 31.5 Å². The van der Waals surface area contributed by atoms with E-state index in [1.165, 1.54) is 4.67 Å². The summed E-state index contributed by atoms with van der Waals surface area (Å²) in [6.45, 7) is -0.746. The zero-order chi connectivity index (χ0) is 21.3. The summed E-state index contributed by atoms with van der Waals surface area (Å²) in [4.78, 5) is 4.52. The van der Waals surface area contributed by atoms with E-state index in [-0.39, 0.29) is 37.9 Å². The van der Waals surface area contributed by atoms with Crippen molar-refractivity contribution in [1.82, 2.24) is 4.67 Å². The minimum atomic E-state index is -3.62. The number of nitrogens with zero attached hydrogens (tertiary/aromatic N) is 2. The fourth-order valence-electron chi connectivity index (χ4n) is 1.89. The summed E-state index contributed by atoms with van der Waals surface area (Å²) in [5.74, 6) is -10.1. The lowest BCUT2D eigenvalue weighted by Gasteiger charge is -2.26. The standard InChI is InChI=1S/C14H17Cl2F5N3O3P/c15-2-5-24(6-3-16)28(22,25)27-7-1-4-23-26-8-9-10(17)12(19)14(21)13(20)11(9)18/h4H,1-3,5-8H2,(H2,22,25)/b23-4+. The molecule has 1 aromatic carbocycles. The first-order valence-corrected chi connectivity index (χ1v) is 10.4. The van der Waals surface area contributed by atoms with E-state index < -0.39 is 48.9 Å². The van der Waals surface area contributed by atoms with Gasteiger partial charge in [0.1, 0.15) is 6.61 Å². The molecule has 0 aliphatic heterocycles. The zero-order valence-electron chi connectivity index (χ0n) is 14.3. The van der Waals surface area contributed by atoms with E-state index in [9.17, 15) is 26.5 Å². The van der Waals surface area contributed by atoms with Gasteiger partial charge in [0.2, 0.25) is 5.82 Å². The summed E-state index contributed by atoms with van der Waals surface area (Å²) in [6, 6.07) is 0. The molecular weight excluding hydrogens is 455 g/mol. The van der Waals surface area contributed by atoms with Crippen LogP contribution in [0.25, 0.3) is 0 Å². The van der Waals surface area contributed by atoms with Gasteiger partial charge in [-0.1, -0.05) is 5.16 Å². The second kappa shape index (κ2) is 11.9. The number of halogens is 7. The maximum absolute atomic E-state index is 13.4. The molecule has 1 unspecified atom stereocenters. The second-order valence-electron chi connectivity index (χ2n) is 5.13. The molecule has 0 heterocycles. The van der Waals surface area contributed by atoms with Crippen molar-refractivity contribution >= 4 is 37.1 Å². The molecule has 0 fully saturated rings. The summed E-state index contributed by atoms with van der Waals surface area (Å²) >= 11 is 11.2. The zero-order valence-corrected chi connectivity index (χ0v) is 16.7. The second-order valence-corrected chi connectivity index (χ2v) is 7.84. The molecule has 0 saturated heterocycles. The highest BCUT2D eigenvalue weighted by atomic mass is 35.5. The van der Waals surface area contributed by atoms with Gasteiger partial charge in [-0.15, -0.1) is 23.2 Å². The molecule has 160 valence electrons. The molecule has 0 aliphatic rings. The van der Waals surface area contributed by atoms with Gasteiger partial charge in [0.05, 0.1) is 12.2 Å². The number of nitrogens with two attached hydrogens (primary N) is 1. The smallest absolute Gasteiger partial charge is 0.340 e. The van der Waals surface area contributed by atoms with E-state index in [4.69, 9.17) is 33.2 Å². The van der Waals surface area contributed by atoms with E-state index in [2.05, 4.69) is 9.99 Å². The molecule has 0 radical (unpaired) electrons. The van der Waals surface area contributed by atoms with Gasteiger partial charge >= 0.3 is 7.67 Å². The minimum absolute atomic E-state index is 0.0356. The third kappa shape index (κ3) is 6.82. The lowest BCUT2D eigenvalue weighted by Crippen LogP contribution is -2.29. The maximum Gasteiger partial charge on any atom is 0.340 e. The van der Waals surface area contributed by atoms with Gasteiger partial charge < -0.3 is 9.36 Å². The molecule has 0 saturated carbocycles. The van der Waals surface area contributed by atoms with Crippen molar-refractivity contribution in [3.63, 3.8) is 0 Å². The Labute approximate surface area is 167 Å². The third-order valence-corrected chi connectivity index (χ3v) is 5.34. The molecule has 0 bridgehead atoms. The van der Waals surface area contributed by atoms with Crippen molar-refractivity contribution in [2.24, 2.45) is 10.7 Å². The maximum atomic E-state index is 13.4. The first-order chi connectivity index (χ1) is 13.2. The van der Waals surface area contributed by atoms with Crippen LogP contribution in [0.3, 0.4) is 0 Å². The van der Waals surface area contributed by atoms with Crippen LogP contribution < -0.4 is 5.50 Å². The Balaban J connectivity index is 2.51. The number of benzene rings is 1. The molecule has 6 nitrogen and oxygen atoms in total. The molecule has 1 atom stereocenters. The summed E-state index contributed by atoms with van der Waals surface area (Å²) in [7, 11) is -3.62. The summed E-state index contributed by atoms with van der Waals surface area (Å²) in [6.07, 6.45) is 1.12. The monoisotopic (exact) mass is 471 g/mol. The Hall–Kier alpha value is -0.970. The molecule has 14 heteroatoms. The normalized spacial score (nSPS) is 14.0. The fraction of sp³-hybridized carbons (Fsp3) is 0.500. The van der Waals surface area contributed by atoms with Crippen molar-refractivity contribution < 1.29 is 35.9 Å². The molecule has 1 rings (SSSR count). The highest BCUT2D eigenvalue weighted by Crippen LogP contribution is 2.42. The lowest BCUT2D eigenvalue weighted by atomic mass is 10.2. The Kier molecular flexibility index (Phi) is 10.6. The van der Waals surface area contributed by atoms with E-state index in [0.29, 0.717) is 0 Å². The van der Waals surface area contributed by atoms with Gasteiger partial charge in [-0.25, -0.2) is 32.1 Å². The van der Waals surface area contributed by atoms with Crippen molar-refractivity contribution in [2.45, 2.75) is 13.0 Å². The van der Waals surface area contributed by atoms with Crippen LogP contribution in [0.4, 0.5) is 22.0 Å². The Morgan fingerprint density at radius 2 is 1.50 bits per heavy atom. The lowest BCUT2D eigenvalue weighted by molar-refractivity contribution is 0.123. The SMILES string of the molecule is NP(=O)(OCC/C=N/OCc1c(F)c(F)c(F)c(F)c1F)N(CCCl)CCCl. The summed E-state index contributed by atoms with van der Waals surface area (Å²) in [5.41, 5.74) is 4.45. The Morgan fingerprint density at radius 3 is 2.00 bits per heavy atom. The van der Waals surface area contributed by atoms with Crippen molar-refractivity contribution in [1.29, 1.82) is 0 Å². The number of hydrogen-bond acceptors (Lipinski definition) is 4. The number of rotatable bonds is 12. The number of alkyl halides is 2. The van der Waals surface area contributed by atoms with Crippen molar-refractivity contribution in [3.8, 4) is 0 Å². The Morgan fingerprint density at radius 1 is 1.00 bits per heavy atom. The molecule has 1 aromatic rings. The van der Waals surface area contributed by atoms with E-state index in [1.807, 2.05) is 0 Å². The van der Waals surface area contributed by atoms with Crippen LogP contribution in [0.2, 0.25) is 0 Å². The van der Waals surface area contributed by atoms with Crippen LogP contribution in [0.1, 0.15) is 12.0 Å². The predicted molar refractivity (Wildman–Crippen MR) is 94.9 cm³/mol. The highest BCUT2D eigenvalue weighted by Gasteiger charge is 2.27. The Bertz CT molecular complexity index is 710. The molecule has 28 heavy (non-hydrogen) atoms. The van der Waals surface area contributed by atoms with Crippen LogP contribution in [0, 0.1) is 29.1 Å². The van der Waals surface area contributed by atoms with Gasteiger partial charge in [0, 0.05) is 37.5 Å². The summed E-state index contributed by atoms with van der Waals surface area (Å²) in [5, 5.41) is 3.30. The number of oxime groups is 1. The quantitative estimate of drug-likeness (QED) is 0.0724. The predicted octanol–water partition coefficient (Wildman–Crippen LogP) is 4.14. The van der Waals surface area contributed by atoms with Crippen LogP contribution in [-0.4, -0.2) is 42.3 Å². The van der Waals surface area contributed by atoms with Gasteiger partial charge in [-0.3, -0.25) is 4.57 Å². The molecular formula is C14H17Cl2F5N3O3P. The molecule has 0 aliphatic carbocycles. The highest BCUT2D eigenvalue weighted by molar-refractivity contribution is 7.53. The largest absolute Gasteiger partial charge is 0.391 e. The third-order valence-electron chi connectivity index (χ3n) is 3.26. The molecule has 0 amide bonds. The van der Waals surface area contributed by atoms with E-state index in [0.717, 1.165) is 6.21 Å². The number of hydrogen-bond donors (Lipinski definition) is 1. The van der Waals surface area contributed by atoms with Gasteiger partial charge in [-0.05, 0) is 0 Å². The average molecular weight is 472 g/mol. The van der Waals surface area contributed by atoms with Gasteiger partial charge in [0.25, 0.3) is 0 Å². The topological polar surface area (TPSA) is 77.2 Å². The van der Waals surface area contributed by atoms with Crippen LogP contribution in [0.15, 0.2) is 5.16 Å². The first-order valence-electron chi connectivity index (χ1n) is 7.72. The van der Waals surface area contributed by atoms with E-state index in [1.54, 1.807) is 0 Å². The van der Waals surface area contributed by atoms with Crippen LogP contribution in [0.5, 0.6) is 0 Å². The van der Waals surface area contributed by atoms with Crippen LogP contribution >= 0.6 is 30.9 Å². The van der Waals surface area contributed by atoms with Crippen molar-refractivity contribution in [3.05, 3.63) is 34.6 Å². The van der Waals surface area contributed by atoms with Crippen LogP contribution in [-0.2, 0) is 20.5 Å². The molecule has 2 N–H and O–H groups in total. The molecule has 0 aromatic heterocycles. The summed E-state index contributed by atoms with van der Waals surface area (Å²) < 4.78 is 84.4. The molecule has 0 spiro atoms. The van der Waals surface area contributed by atoms with Gasteiger partial charge in [0.15, 0.2) is 23.3 Å². The minimum Gasteiger partial charge on any atom is -0.391 e. The fourth-order valence-corrected chi connectivity index (χ4v) is 3.82. The first kappa shape index (κ1) is 25.1.